The van der Waals surface area contributed by atoms with Crippen molar-refractivity contribution in [1.82, 2.24) is 0 Å². The minimum absolute atomic E-state index is 3.38. The van der Waals surface area contributed by atoms with Crippen LogP contribution in [0, 0.1) is 0 Å². The Hall–Kier alpha value is 4.86. The van der Waals surface area contributed by atoms with Gasteiger partial charge in [-0.1, -0.05) is 0 Å². The van der Waals surface area contributed by atoms with Gasteiger partial charge in [0.1, 0.15) is 0 Å². The largest absolute Gasteiger partial charge is 0.284 e. The van der Waals surface area contributed by atoms with Crippen molar-refractivity contribution < 1.29 is 0 Å². The molecule has 0 bridgehead atoms. The van der Waals surface area contributed by atoms with E-state index >= 15 is 0 Å². The molecule has 2 unspecified atom stereocenters. The van der Waals surface area contributed by atoms with Crippen molar-refractivity contribution >= 4 is 170 Å². The van der Waals surface area contributed by atoms with Crippen LogP contribution in [-0.2, 0) is 0 Å². The van der Waals surface area contributed by atoms with Crippen LogP contribution in [0.4, 0.5) is 0 Å². The lowest BCUT2D eigenvalue weighted by atomic mass is 13.8. The molecule has 0 saturated carbocycles. The molecule has 0 saturated heterocycles. The highest BCUT2D eigenvalue weighted by Crippen LogP contribution is 2.90. The summed E-state index contributed by atoms with van der Waals surface area (Å²) in [5.41, 5.74) is 0. The van der Waals surface area contributed by atoms with Crippen LogP contribution in [0.1, 0.15) is 0 Å². The fraction of sp³-hybridized carbons (Fsp3) is 0. The lowest BCUT2D eigenvalue weighted by molar-refractivity contribution is 1.69. The molecule has 0 spiro atoms. The Kier molecular flexibility index (Phi) is 10.3. The number of hydrogen-bond donors (Lipinski definition) is 0. The Labute approximate surface area is 195 Å². The van der Waals surface area contributed by atoms with E-state index < -0.39 is 35.5 Å². The predicted octanol–water partition coefficient (Wildman–Crippen LogP) is 14.5. The molecule has 0 radical (unpaired) electrons. The zero-order valence-corrected chi connectivity index (χ0v) is 24.3. The van der Waals surface area contributed by atoms with Gasteiger partial charge in [0.15, 0.2) is 0 Å². The lowest BCUT2D eigenvalue weighted by Crippen LogP contribution is -1.68. The molecule has 0 aromatic heterocycles. The Bertz CT molecular complexity index is 764. The van der Waals surface area contributed by atoms with Crippen LogP contribution in [0.3, 0.4) is 0 Å². The molecular formula is Cl12N6P6. The van der Waals surface area contributed by atoms with Crippen LogP contribution >= 0.6 is 170 Å². The van der Waals surface area contributed by atoms with Crippen molar-refractivity contribution in [3.8, 4) is 0 Å². The molecular weight excluding hydrogens is 695 g/mol. The Balaban J connectivity index is 3.96. The molecule has 24 heavy (non-hydrogen) atoms. The number of hydrogen-bond acceptors (Lipinski definition) is 6. The highest BCUT2D eigenvalue weighted by Gasteiger charge is 2.35. The van der Waals surface area contributed by atoms with Crippen LogP contribution in [0.15, 0.2) is 27.1 Å². The highest BCUT2D eigenvalue weighted by atomic mass is 36.1. The molecule has 0 N–H and O–H groups in total. The summed E-state index contributed by atoms with van der Waals surface area (Å²) < 4.78 is 22.9. The van der Waals surface area contributed by atoms with Crippen molar-refractivity contribution in [3.63, 3.8) is 0 Å². The first-order chi connectivity index (χ1) is 10.2. The number of rotatable bonds is 2. The monoisotopic (exact) mass is 689 g/mol. The second-order valence-electron chi connectivity index (χ2n) is 3.28. The Morgan fingerprint density at radius 1 is 0.500 bits per heavy atom. The van der Waals surface area contributed by atoms with Crippen LogP contribution < -0.4 is 0 Å². The summed E-state index contributed by atoms with van der Waals surface area (Å²) in [4.78, 5) is 0. The van der Waals surface area contributed by atoms with E-state index in [0.717, 1.165) is 0 Å². The van der Waals surface area contributed by atoms with Gasteiger partial charge in [0.05, 0.1) is 0 Å². The van der Waals surface area contributed by atoms with Gasteiger partial charge >= 0.3 is 0 Å². The molecule has 24 heteroatoms. The van der Waals surface area contributed by atoms with Gasteiger partial charge in [-0.25, -0.2) is 0 Å². The van der Waals surface area contributed by atoms with Gasteiger partial charge in [-0.3, -0.25) is 0 Å². The van der Waals surface area contributed by atoms with Gasteiger partial charge in [-0.2, -0.15) is 27.1 Å². The SMILES string of the molecule is ClP(Cl)(Cl)=NP1(Cl)=NP(Cl)(Cl)=NP(Cl)(N=P(Cl)(Cl)Cl)=NP(Cl)(Cl)=N1. The minimum atomic E-state index is -3.69. The maximum Gasteiger partial charge on any atom is 0.284 e. The van der Waals surface area contributed by atoms with Crippen LogP contribution in [0.25, 0.3) is 0 Å². The topological polar surface area (TPSA) is 74.2 Å². The van der Waals surface area contributed by atoms with Gasteiger partial charge in [-0.05, 0) is 135 Å². The third-order valence-corrected chi connectivity index (χ3v) is 24.0. The summed E-state index contributed by atoms with van der Waals surface area (Å²) >= 11 is 70.7. The van der Waals surface area contributed by atoms with Gasteiger partial charge < -0.3 is 0 Å². The summed E-state index contributed by atoms with van der Waals surface area (Å²) in [6.07, 6.45) is 0. The summed E-state index contributed by atoms with van der Waals surface area (Å²) in [6, 6.07) is 0. The molecule has 1 rings (SSSR count). The molecule has 1 aliphatic rings. The average Bonchev–Trinajstić information content (AvgIpc) is 1.98. The molecule has 0 amide bonds. The summed E-state index contributed by atoms with van der Waals surface area (Å²) in [5.74, 6) is -7.28. The van der Waals surface area contributed by atoms with E-state index in [1.165, 1.54) is 0 Å². The molecule has 6 nitrogen and oxygen atoms in total. The van der Waals surface area contributed by atoms with E-state index in [2.05, 4.69) is 27.1 Å². The van der Waals surface area contributed by atoms with E-state index in [9.17, 15) is 0 Å². The molecule has 144 valence electrons. The Morgan fingerprint density at radius 2 is 0.750 bits per heavy atom. The van der Waals surface area contributed by atoms with Crippen molar-refractivity contribution in [2.45, 2.75) is 0 Å². The van der Waals surface area contributed by atoms with Crippen molar-refractivity contribution in [3.05, 3.63) is 0 Å². The minimum Gasteiger partial charge on any atom is -0.185 e. The quantitative estimate of drug-likeness (QED) is 0.258. The molecule has 0 aromatic rings. The third kappa shape index (κ3) is 10.8. The lowest BCUT2D eigenvalue weighted by Gasteiger charge is -2.19. The molecule has 1 heterocycles. The van der Waals surface area contributed by atoms with E-state index in [-0.39, 0.29) is 0 Å². The zero-order chi connectivity index (χ0) is 19.2. The maximum absolute atomic E-state index is 6.18. The smallest absolute Gasteiger partial charge is 0.185 e. The number of halogens is 12. The second kappa shape index (κ2) is 9.15. The van der Waals surface area contributed by atoms with E-state index in [0.29, 0.717) is 0 Å². The van der Waals surface area contributed by atoms with Crippen LogP contribution in [0.5, 0.6) is 0 Å². The van der Waals surface area contributed by atoms with E-state index in [1.54, 1.807) is 0 Å². The summed E-state index contributed by atoms with van der Waals surface area (Å²) in [7, 11) is 0. The van der Waals surface area contributed by atoms with Gasteiger partial charge in [-0.15, -0.1) is 0 Å². The van der Waals surface area contributed by atoms with Gasteiger partial charge in [0.2, 0.25) is 10.2 Å². The Morgan fingerprint density at radius 3 is 0.958 bits per heavy atom. The molecule has 0 aliphatic carbocycles. The average molecular weight is 695 g/mol. The molecule has 2 atom stereocenters. The van der Waals surface area contributed by atoms with Gasteiger partial charge in [0.25, 0.3) is 25.2 Å². The van der Waals surface area contributed by atoms with E-state index in [4.69, 9.17) is 135 Å². The second-order valence-corrected chi connectivity index (χ2v) is 34.4. The normalized spacial score (nSPS) is 32.8. The van der Waals surface area contributed by atoms with Crippen LogP contribution in [0.2, 0.25) is 0 Å². The predicted molar refractivity (Wildman–Crippen MR) is 126 cm³/mol. The first-order valence-corrected chi connectivity index (χ1v) is 25.5. The third-order valence-electron chi connectivity index (χ3n) is 1.32. The van der Waals surface area contributed by atoms with E-state index in [1.807, 2.05) is 0 Å². The zero-order valence-electron chi connectivity index (χ0n) is 9.90. The standard InChI is InChI=1S/Cl12N6P6/c1-19(2,3)13-23(11)15-21(7,8)17-24(12,14-20(4,5)6)18-22(9,10)16-23. The molecule has 1 aliphatic heterocycles. The van der Waals surface area contributed by atoms with Crippen molar-refractivity contribution in [2.24, 2.45) is 27.1 Å². The summed E-state index contributed by atoms with van der Waals surface area (Å²) in [5, 5.41) is -6.75. The van der Waals surface area contributed by atoms with Gasteiger partial charge in [0, 0.05) is 0 Å². The molecule has 0 fully saturated rings. The fourth-order valence-corrected chi connectivity index (χ4v) is 32.7. The van der Waals surface area contributed by atoms with Crippen molar-refractivity contribution in [2.75, 3.05) is 0 Å². The maximum atomic E-state index is 6.18. The van der Waals surface area contributed by atoms with Crippen molar-refractivity contribution in [1.29, 1.82) is 0 Å². The first-order valence-electron chi connectivity index (χ1n) is 4.43. The highest BCUT2D eigenvalue weighted by molar-refractivity contribution is 8.30. The number of nitrogens with zero attached hydrogens (tertiary/aromatic N) is 6. The van der Waals surface area contributed by atoms with Crippen LogP contribution in [-0.4, -0.2) is 0 Å². The summed E-state index contributed by atoms with van der Waals surface area (Å²) in [6.45, 7) is -7.39. The fourth-order valence-electron chi connectivity index (χ4n) is 0.949. The first kappa shape index (κ1) is 26.9. The molecule has 0 aromatic carbocycles.